The van der Waals surface area contributed by atoms with Crippen LogP contribution in [0.4, 0.5) is 5.69 Å². The van der Waals surface area contributed by atoms with Gasteiger partial charge in [0.05, 0.1) is 5.75 Å². The minimum Gasteiger partial charge on any atom is -0.440 e. The van der Waals surface area contributed by atoms with Crippen molar-refractivity contribution in [2.24, 2.45) is 0 Å². The number of hydrogen-bond acceptors (Lipinski definition) is 6. The lowest BCUT2D eigenvalue weighted by Gasteiger charge is -2.00. The number of nitrogens with one attached hydrogen (secondary N) is 1. The Hall–Kier alpha value is -2.22. The maximum atomic E-state index is 11.7. The second-order valence-corrected chi connectivity index (χ2v) is 5.98. The molecular formula is C13H13N5O2S. The fourth-order valence-electron chi connectivity index (χ4n) is 2.23. The number of nitrogen functional groups attached to an aromatic ring is 1. The van der Waals surface area contributed by atoms with Crippen molar-refractivity contribution in [1.29, 1.82) is 0 Å². The second kappa shape index (κ2) is 4.66. The van der Waals surface area contributed by atoms with Gasteiger partial charge >= 0.3 is 5.69 Å². The van der Waals surface area contributed by atoms with E-state index in [1.54, 1.807) is 22.8 Å². The van der Waals surface area contributed by atoms with Crippen molar-refractivity contribution in [3.63, 3.8) is 0 Å². The number of rotatable bonds is 4. The average molecular weight is 303 g/mol. The fourth-order valence-corrected chi connectivity index (χ4v) is 3.08. The van der Waals surface area contributed by atoms with Gasteiger partial charge in [0.1, 0.15) is 5.52 Å². The highest BCUT2D eigenvalue weighted by molar-refractivity contribution is 7.98. The summed E-state index contributed by atoms with van der Waals surface area (Å²) in [5.41, 5.74) is 7.68. The van der Waals surface area contributed by atoms with Crippen molar-refractivity contribution in [2.45, 2.75) is 29.8 Å². The Kier molecular flexibility index (Phi) is 2.78. The van der Waals surface area contributed by atoms with Crippen molar-refractivity contribution in [2.75, 3.05) is 5.73 Å². The highest BCUT2D eigenvalue weighted by atomic mass is 32.2. The van der Waals surface area contributed by atoms with Gasteiger partial charge in [0.15, 0.2) is 10.7 Å². The van der Waals surface area contributed by atoms with Gasteiger partial charge in [-0.3, -0.25) is 4.57 Å². The number of fused-ring (bicyclic) bond motifs is 1. The third-order valence-electron chi connectivity index (χ3n) is 3.36. The maximum Gasteiger partial charge on any atom is 0.344 e. The predicted octanol–water partition coefficient (Wildman–Crippen LogP) is 1.92. The number of thioether (sulfide) groups is 1. The number of benzene rings is 1. The van der Waals surface area contributed by atoms with Crippen LogP contribution in [0.5, 0.6) is 0 Å². The molecule has 1 aliphatic carbocycles. The van der Waals surface area contributed by atoms with E-state index in [9.17, 15) is 4.79 Å². The first-order chi connectivity index (χ1) is 10.2. The van der Waals surface area contributed by atoms with Gasteiger partial charge in [-0.25, -0.2) is 14.9 Å². The molecule has 0 amide bonds. The number of nitrogens with two attached hydrogens (primary N) is 1. The van der Waals surface area contributed by atoms with Crippen LogP contribution in [0.2, 0.25) is 0 Å². The minimum atomic E-state index is -0.148. The number of H-pyrrole nitrogens is 1. The summed E-state index contributed by atoms with van der Waals surface area (Å²) in [5, 5.41) is 7.24. The number of aromatic amines is 1. The van der Waals surface area contributed by atoms with Gasteiger partial charge in [0.25, 0.3) is 0 Å². The van der Waals surface area contributed by atoms with Crippen molar-refractivity contribution in [3.8, 4) is 0 Å². The summed E-state index contributed by atoms with van der Waals surface area (Å²) in [7, 11) is 0. The summed E-state index contributed by atoms with van der Waals surface area (Å²) < 4.78 is 7.37. The van der Waals surface area contributed by atoms with E-state index in [0.717, 1.165) is 18.4 Å². The molecule has 2 heterocycles. The Morgan fingerprint density at radius 2 is 2.33 bits per heavy atom. The van der Waals surface area contributed by atoms with Crippen LogP contribution in [0.25, 0.3) is 11.1 Å². The van der Waals surface area contributed by atoms with E-state index in [4.69, 9.17) is 10.2 Å². The molecule has 0 spiro atoms. The summed E-state index contributed by atoms with van der Waals surface area (Å²) in [4.78, 5) is 16.1. The van der Waals surface area contributed by atoms with Crippen LogP contribution >= 0.6 is 11.8 Å². The molecule has 3 aromatic rings. The Labute approximate surface area is 123 Å². The van der Waals surface area contributed by atoms with Gasteiger partial charge in [-0.1, -0.05) is 11.8 Å². The van der Waals surface area contributed by atoms with Crippen LogP contribution in [-0.4, -0.2) is 19.7 Å². The third kappa shape index (κ3) is 2.31. The van der Waals surface area contributed by atoms with Crippen molar-refractivity contribution < 1.29 is 4.42 Å². The molecule has 0 bridgehead atoms. The first-order valence-corrected chi connectivity index (χ1v) is 7.64. The molecule has 1 aromatic carbocycles. The topological polar surface area (TPSA) is 103 Å². The van der Waals surface area contributed by atoms with Crippen molar-refractivity contribution in [3.05, 3.63) is 34.6 Å². The molecule has 1 saturated carbocycles. The van der Waals surface area contributed by atoms with E-state index in [1.165, 1.54) is 11.8 Å². The Bertz CT molecular complexity index is 861. The molecule has 0 unspecified atom stereocenters. The molecule has 4 rings (SSSR count). The summed E-state index contributed by atoms with van der Waals surface area (Å²) in [6.45, 7) is 0. The number of aromatic nitrogens is 4. The molecule has 1 aliphatic rings. The van der Waals surface area contributed by atoms with Crippen LogP contribution in [-0.2, 0) is 5.75 Å². The molecule has 0 aliphatic heterocycles. The molecule has 3 N–H and O–H groups in total. The minimum absolute atomic E-state index is 0.148. The smallest absolute Gasteiger partial charge is 0.344 e. The fraction of sp³-hybridized carbons (Fsp3) is 0.308. The normalized spacial score (nSPS) is 14.9. The lowest BCUT2D eigenvalue weighted by Crippen LogP contribution is -2.16. The number of nitrogens with zero attached hydrogens (tertiary/aromatic N) is 3. The van der Waals surface area contributed by atoms with Gasteiger partial charge in [-0.2, -0.15) is 0 Å². The maximum absolute atomic E-state index is 11.7. The SMILES string of the molecule is Nc1ccc2oc(CSc3n[nH]c(=O)n3C3CC3)nc2c1. The second-order valence-electron chi connectivity index (χ2n) is 5.04. The zero-order chi connectivity index (χ0) is 14.4. The largest absolute Gasteiger partial charge is 0.440 e. The standard InChI is InChI=1S/C13H13N5O2S/c14-7-1-4-10-9(5-7)15-11(20-10)6-21-13-17-16-12(19)18(13)8-2-3-8/h1,4-5,8H,2-3,6,14H2,(H,16,19). The molecule has 7 nitrogen and oxygen atoms in total. The Morgan fingerprint density at radius 1 is 1.48 bits per heavy atom. The first kappa shape index (κ1) is 12.5. The third-order valence-corrected chi connectivity index (χ3v) is 4.30. The van der Waals surface area contributed by atoms with Gasteiger partial charge < -0.3 is 10.2 Å². The Balaban J connectivity index is 1.57. The molecule has 0 radical (unpaired) electrons. The van der Waals surface area contributed by atoms with Gasteiger partial charge in [0, 0.05) is 11.7 Å². The number of oxazole rings is 1. The van der Waals surface area contributed by atoms with Crippen LogP contribution in [0, 0.1) is 0 Å². The van der Waals surface area contributed by atoms with Crippen LogP contribution in [0.1, 0.15) is 24.8 Å². The van der Waals surface area contributed by atoms with E-state index in [1.807, 2.05) is 0 Å². The highest BCUT2D eigenvalue weighted by Crippen LogP contribution is 2.36. The molecule has 2 aromatic heterocycles. The van der Waals surface area contributed by atoms with Gasteiger partial charge in [-0.15, -0.1) is 5.10 Å². The molecule has 1 fully saturated rings. The Morgan fingerprint density at radius 3 is 3.14 bits per heavy atom. The molecule has 21 heavy (non-hydrogen) atoms. The molecule has 0 saturated heterocycles. The van der Waals surface area contributed by atoms with E-state index < -0.39 is 0 Å². The quantitative estimate of drug-likeness (QED) is 0.564. The lowest BCUT2D eigenvalue weighted by molar-refractivity contribution is 0.555. The highest BCUT2D eigenvalue weighted by Gasteiger charge is 2.28. The summed E-state index contributed by atoms with van der Waals surface area (Å²) >= 11 is 1.44. The predicted molar refractivity (Wildman–Crippen MR) is 79.1 cm³/mol. The zero-order valence-corrected chi connectivity index (χ0v) is 11.9. The molecular weight excluding hydrogens is 290 g/mol. The average Bonchev–Trinajstić information content (AvgIpc) is 3.10. The number of hydrogen-bond donors (Lipinski definition) is 2. The van der Waals surface area contributed by atoms with Gasteiger partial charge in [0.2, 0.25) is 5.89 Å². The monoisotopic (exact) mass is 303 g/mol. The van der Waals surface area contributed by atoms with E-state index in [0.29, 0.717) is 34.1 Å². The zero-order valence-electron chi connectivity index (χ0n) is 11.1. The van der Waals surface area contributed by atoms with Crippen molar-refractivity contribution in [1.82, 2.24) is 19.7 Å². The molecule has 108 valence electrons. The van der Waals surface area contributed by atoms with Crippen molar-refractivity contribution >= 4 is 28.5 Å². The summed E-state index contributed by atoms with van der Waals surface area (Å²) in [5.74, 6) is 1.12. The molecule has 0 atom stereocenters. The number of anilines is 1. The summed E-state index contributed by atoms with van der Waals surface area (Å²) in [6, 6.07) is 5.66. The molecule has 8 heteroatoms. The van der Waals surface area contributed by atoms with Crippen LogP contribution in [0.15, 0.2) is 32.6 Å². The lowest BCUT2D eigenvalue weighted by atomic mass is 10.3. The first-order valence-electron chi connectivity index (χ1n) is 6.65. The van der Waals surface area contributed by atoms with Gasteiger partial charge in [-0.05, 0) is 31.0 Å². The van der Waals surface area contributed by atoms with Crippen LogP contribution in [0.3, 0.4) is 0 Å². The van der Waals surface area contributed by atoms with E-state index in [2.05, 4.69) is 15.2 Å². The summed E-state index contributed by atoms with van der Waals surface area (Å²) in [6.07, 6.45) is 2.07. The van der Waals surface area contributed by atoms with Crippen LogP contribution < -0.4 is 11.4 Å². The van der Waals surface area contributed by atoms with E-state index in [-0.39, 0.29) is 5.69 Å². The van der Waals surface area contributed by atoms with E-state index >= 15 is 0 Å².